The first-order chi connectivity index (χ1) is 8.82. The number of phenols is 1. The lowest BCUT2D eigenvalue weighted by Crippen LogP contribution is -2.10. The summed E-state index contributed by atoms with van der Waals surface area (Å²) >= 11 is 0. The van der Waals surface area contributed by atoms with Crippen LogP contribution in [0.5, 0.6) is 5.75 Å². The fourth-order valence-electron chi connectivity index (χ4n) is 1.89. The van der Waals surface area contributed by atoms with Crippen LogP contribution in [0.15, 0.2) is 18.2 Å². The van der Waals surface area contributed by atoms with Crippen molar-refractivity contribution in [1.82, 2.24) is 0 Å². The topological polar surface area (TPSA) is 46.2 Å². The largest absolute Gasteiger partial charge is 0.506 e. The summed E-state index contributed by atoms with van der Waals surface area (Å²) in [5, 5.41) is 10.6. The van der Waals surface area contributed by atoms with Gasteiger partial charge in [0, 0.05) is 5.56 Å². The Balaban J connectivity index is 2.80. The van der Waals surface area contributed by atoms with E-state index in [4.69, 9.17) is 5.73 Å². The van der Waals surface area contributed by atoms with Gasteiger partial charge >= 0.3 is 0 Å². The molecule has 0 amide bonds. The maximum absolute atomic E-state index is 14.1. The predicted molar refractivity (Wildman–Crippen MR) is 81.3 cm³/mol. The van der Waals surface area contributed by atoms with E-state index in [1.807, 2.05) is 0 Å². The molecule has 0 fully saturated rings. The quantitative estimate of drug-likeness (QED) is 0.482. The zero-order chi connectivity index (χ0) is 14.3. The molecule has 0 bridgehead atoms. The Hall–Kier alpha value is -1.24. The van der Waals surface area contributed by atoms with Gasteiger partial charge in [0.15, 0.2) is 11.6 Å². The van der Waals surface area contributed by atoms with E-state index < -0.39 is 11.6 Å². The second-order valence-corrected chi connectivity index (χ2v) is 5.53. The van der Waals surface area contributed by atoms with Gasteiger partial charge in [0.2, 0.25) is 0 Å². The zero-order valence-corrected chi connectivity index (χ0v) is 12.5. The maximum atomic E-state index is 14.1. The minimum absolute atomic E-state index is 0.0907. The predicted octanol–water partition coefficient (Wildman–Crippen LogP) is 2.23. The molecule has 2 nitrogen and oxygen atoms in total. The smallest absolute Gasteiger partial charge is 0.167 e. The van der Waals surface area contributed by atoms with Gasteiger partial charge in [0.05, 0.1) is 5.69 Å². The molecule has 0 saturated heterocycles. The number of aromatic hydroxyl groups is 1. The van der Waals surface area contributed by atoms with Crippen LogP contribution in [0.3, 0.4) is 0 Å². The van der Waals surface area contributed by atoms with E-state index in [2.05, 4.69) is 18.5 Å². The molecule has 0 radical (unpaired) electrons. The Morgan fingerprint density at radius 1 is 1.05 bits per heavy atom. The number of hydrogen-bond acceptors (Lipinski definition) is 2. The van der Waals surface area contributed by atoms with E-state index in [9.17, 15) is 13.9 Å². The number of halogens is 2. The second kappa shape index (κ2) is 5.03. The number of aryl methyl sites for hydroxylation is 1. The number of anilines is 1. The van der Waals surface area contributed by atoms with E-state index in [0.717, 1.165) is 0 Å². The summed E-state index contributed by atoms with van der Waals surface area (Å²) in [6, 6.07) is 4.38. The van der Waals surface area contributed by atoms with Crippen molar-refractivity contribution in [3.63, 3.8) is 0 Å². The Labute approximate surface area is 114 Å². The van der Waals surface area contributed by atoms with Crippen LogP contribution in [0.2, 0.25) is 0 Å². The number of rotatable bonds is 1. The molecule has 2 aromatic carbocycles. The van der Waals surface area contributed by atoms with Crippen molar-refractivity contribution in [2.24, 2.45) is 0 Å². The van der Waals surface area contributed by atoms with Crippen molar-refractivity contribution in [3.05, 3.63) is 35.4 Å². The second-order valence-electron chi connectivity index (χ2n) is 4.28. The summed E-state index contributed by atoms with van der Waals surface area (Å²) < 4.78 is 27.8. The number of benzene rings is 2. The monoisotopic (exact) mass is 299 g/mol. The van der Waals surface area contributed by atoms with E-state index in [-0.39, 0.29) is 22.6 Å². The summed E-state index contributed by atoms with van der Waals surface area (Å²) in [6.07, 6.45) is 0. The van der Waals surface area contributed by atoms with Gasteiger partial charge in [-0.2, -0.15) is 0 Å². The van der Waals surface area contributed by atoms with Crippen molar-refractivity contribution in [3.8, 4) is 16.9 Å². The van der Waals surface area contributed by atoms with Gasteiger partial charge < -0.3 is 10.8 Å². The van der Waals surface area contributed by atoms with Crippen LogP contribution in [0, 0.1) is 18.6 Å². The minimum atomic E-state index is -0.918. The lowest BCUT2D eigenvalue weighted by Gasteiger charge is -2.14. The molecule has 2 rings (SSSR count). The molecule has 0 aliphatic heterocycles. The molecule has 0 spiro atoms. The third kappa shape index (κ3) is 2.43. The first-order valence-electron chi connectivity index (χ1n) is 5.45. The SMILES string of the molecule is Cc1cc(P)c(-c2cc(N)c(O)cc2P)c(F)c1F. The number of nitrogen functional groups attached to an aromatic ring is 1. The molecule has 0 heterocycles. The summed E-state index contributed by atoms with van der Waals surface area (Å²) in [6.45, 7) is 1.50. The maximum Gasteiger partial charge on any atom is 0.167 e. The van der Waals surface area contributed by atoms with Crippen LogP contribution in [0.1, 0.15) is 5.56 Å². The van der Waals surface area contributed by atoms with Crippen molar-refractivity contribution in [2.45, 2.75) is 6.92 Å². The van der Waals surface area contributed by atoms with E-state index in [0.29, 0.717) is 16.2 Å². The van der Waals surface area contributed by atoms with Crippen molar-refractivity contribution in [1.29, 1.82) is 0 Å². The van der Waals surface area contributed by atoms with Crippen LogP contribution in [0.4, 0.5) is 14.5 Å². The molecule has 0 aliphatic rings. The number of hydrogen-bond donors (Lipinski definition) is 2. The molecule has 0 saturated carbocycles. The Bertz CT molecular complexity index is 674. The van der Waals surface area contributed by atoms with Gasteiger partial charge in [-0.3, -0.25) is 0 Å². The fourth-order valence-corrected chi connectivity index (χ4v) is 2.81. The molecule has 2 unspecified atom stereocenters. The van der Waals surface area contributed by atoms with E-state index in [1.165, 1.54) is 19.1 Å². The van der Waals surface area contributed by atoms with Crippen LogP contribution < -0.4 is 16.3 Å². The summed E-state index contributed by atoms with van der Waals surface area (Å²) in [5.74, 6) is -1.89. The molecule has 3 N–H and O–H groups in total. The van der Waals surface area contributed by atoms with Crippen LogP contribution >= 0.6 is 18.5 Å². The first-order valence-corrected chi connectivity index (χ1v) is 6.60. The highest BCUT2D eigenvalue weighted by atomic mass is 31.0. The molecule has 6 heteroatoms. The average Bonchev–Trinajstić information content (AvgIpc) is 2.33. The highest BCUT2D eigenvalue weighted by Gasteiger charge is 2.18. The van der Waals surface area contributed by atoms with E-state index in [1.54, 1.807) is 6.07 Å². The number of phenolic OH excluding ortho intramolecular Hbond substituents is 1. The van der Waals surface area contributed by atoms with Crippen LogP contribution in [-0.4, -0.2) is 5.11 Å². The average molecular weight is 299 g/mol. The van der Waals surface area contributed by atoms with Crippen molar-refractivity contribution < 1.29 is 13.9 Å². The lowest BCUT2D eigenvalue weighted by atomic mass is 10.0. The summed E-state index contributed by atoms with van der Waals surface area (Å²) in [4.78, 5) is 0. The van der Waals surface area contributed by atoms with Crippen LogP contribution in [-0.2, 0) is 0 Å². The molecule has 2 atom stereocenters. The van der Waals surface area contributed by atoms with Gasteiger partial charge in [-0.1, -0.05) is 0 Å². The lowest BCUT2D eigenvalue weighted by molar-refractivity contribution is 0.478. The molecule has 100 valence electrons. The summed E-state index contributed by atoms with van der Waals surface area (Å²) in [5.41, 5.74) is 6.53. The van der Waals surface area contributed by atoms with E-state index >= 15 is 0 Å². The van der Waals surface area contributed by atoms with Gasteiger partial charge in [-0.15, -0.1) is 18.5 Å². The highest BCUT2D eigenvalue weighted by molar-refractivity contribution is 7.29. The molecule has 2 aromatic rings. The molecular weight excluding hydrogens is 286 g/mol. The highest BCUT2D eigenvalue weighted by Crippen LogP contribution is 2.30. The van der Waals surface area contributed by atoms with Gasteiger partial charge in [0.1, 0.15) is 5.75 Å². The Kier molecular flexibility index (Phi) is 3.75. The molecular formula is C13H13F2NOP2. The van der Waals surface area contributed by atoms with Crippen LogP contribution in [0.25, 0.3) is 11.1 Å². The standard InChI is InChI=1S/C13H13F2NOP2/c1-5-2-10(19)11(13(15)12(5)14)6-3-7(16)8(17)4-9(6)18/h2-4,17H,16,18-19H2,1H3. The van der Waals surface area contributed by atoms with Crippen molar-refractivity contribution >= 4 is 34.8 Å². The molecule has 19 heavy (non-hydrogen) atoms. The summed E-state index contributed by atoms with van der Waals surface area (Å²) in [7, 11) is 4.76. The van der Waals surface area contributed by atoms with Crippen molar-refractivity contribution in [2.75, 3.05) is 5.73 Å². The normalized spacial score (nSPS) is 10.8. The van der Waals surface area contributed by atoms with Gasteiger partial charge in [0.25, 0.3) is 0 Å². The Morgan fingerprint density at radius 3 is 2.32 bits per heavy atom. The molecule has 0 aliphatic carbocycles. The number of nitrogens with two attached hydrogens (primary N) is 1. The van der Waals surface area contributed by atoms with Gasteiger partial charge in [-0.05, 0) is 46.9 Å². The van der Waals surface area contributed by atoms with Gasteiger partial charge in [-0.25, -0.2) is 8.78 Å². The third-order valence-electron chi connectivity index (χ3n) is 2.89. The first kappa shape index (κ1) is 14.2. The zero-order valence-electron chi connectivity index (χ0n) is 10.2. The fraction of sp³-hybridized carbons (Fsp3) is 0.0769. The molecule has 0 aromatic heterocycles. The Morgan fingerprint density at radius 2 is 1.68 bits per heavy atom. The third-order valence-corrected chi connectivity index (χ3v) is 3.82. The minimum Gasteiger partial charge on any atom is -0.506 e.